The molecule has 0 radical (unpaired) electrons. The Morgan fingerprint density at radius 3 is 2.85 bits per heavy atom. The first-order valence-electron chi connectivity index (χ1n) is 4.19. The van der Waals surface area contributed by atoms with Crippen molar-refractivity contribution in [3.8, 4) is 0 Å². The average Bonchev–Trinajstić information content (AvgIpc) is 2.43. The molecule has 4 heteroatoms. The number of thiophene rings is 1. The van der Waals surface area contributed by atoms with Crippen LogP contribution in [0.4, 0.5) is 0 Å². The number of carbonyl (C=O) groups excluding carboxylic acids is 1. The minimum atomic E-state index is 0.0204. The Morgan fingerprint density at radius 2 is 2.38 bits per heavy atom. The number of carbonyl (C=O) groups is 1. The maximum absolute atomic E-state index is 11.6. The van der Waals surface area contributed by atoms with E-state index in [0.29, 0.717) is 13.2 Å². The topological polar surface area (TPSA) is 38.3 Å². The molecule has 1 saturated heterocycles. The van der Waals surface area contributed by atoms with Gasteiger partial charge >= 0.3 is 0 Å². The Labute approximate surface area is 80.7 Å². The van der Waals surface area contributed by atoms with Crippen LogP contribution in [0, 0.1) is 6.92 Å². The van der Waals surface area contributed by atoms with Crippen LogP contribution in [0.1, 0.15) is 15.9 Å². The summed E-state index contributed by atoms with van der Waals surface area (Å²) in [6.07, 6.45) is 0. The van der Waals surface area contributed by atoms with Gasteiger partial charge in [-0.15, -0.1) is 0 Å². The molecule has 0 aliphatic carbocycles. The lowest BCUT2D eigenvalue weighted by Gasteiger charge is -2.26. The molecule has 1 aromatic heterocycles. The van der Waals surface area contributed by atoms with Gasteiger partial charge in [0.05, 0.1) is 24.8 Å². The standard InChI is InChI=1S/C9H11NO2S/c1-6-4-13-5-8(6)9(11)10-7-2-12-3-7/h4-5,7H,2-3H2,1H3,(H,10,11). The van der Waals surface area contributed by atoms with Crippen LogP contribution in [-0.4, -0.2) is 25.2 Å². The van der Waals surface area contributed by atoms with Gasteiger partial charge < -0.3 is 10.1 Å². The van der Waals surface area contributed by atoms with E-state index in [4.69, 9.17) is 4.74 Å². The van der Waals surface area contributed by atoms with E-state index >= 15 is 0 Å². The third-order valence-electron chi connectivity index (χ3n) is 2.07. The van der Waals surface area contributed by atoms with E-state index in [0.717, 1.165) is 11.1 Å². The molecule has 13 heavy (non-hydrogen) atoms. The molecular formula is C9H11NO2S. The molecule has 2 rings (SSSR count). The van der Waals surface area contributed by atoms with Crippen LogP contribution in [0.3, 0.4) is 0 Å². The zero-order valence-electron chi connectivity index (χ0n) is 7.37. The Kier molecular flexibility index (Phi) is 2.33. The van der Waals surface area contributed by atoms with Crippen molar-refractivity contribution in [2.45, 2.75) is 13.0 Å². The molecule has 0 unspecified atom stereocenters. The zero-order chi connectivity index (χ0) is 9.26. The van der Waals surface area contributed by atoms with Crippen molar-refractivity contribution in [3.63, 3.8) is 0 Å². The molecule has 2 heterocycles. The van der Waals surface area contributed by atoms with Crippen LogP contribution in [0.15, 0.2) is 10.8 Å². The second-order valence-electron chi connectivity index (χ2n) is 3.18. The summed E-state index contributed by atoms with van der Waals surface area (Å²) >= 11 is 1.56. The molecule has 1 aliphatic rings. The fourth-order valence-corrected chi connectivity index (χ4v) is 2.00. The number of hydrogen-bond acceptors (Lipinski definition) is 3. The van der Waals surface area contributed by atoms with Crippen molar-refractivity contribution >= 4 is 17.2 Å². The van der Waals surface area contributed by atoms with Crippen LogP contribution in [-0.2, 0) is 4.74 Å². The number of nitrogens with one attached hydrogen (secondary N) is 1. The van der Waals surface area contributed by atoms with E-state index in [1.54, 1.807) is 11.3 Å². The largest absolute Gasteiger partial charge is 0.377 e. The van der Waals surface area contributed by atoms with Gasteiger partial charge in [-0.25, -0.2) is 0 Å². The quantitative estimate of drug-likeness (QED) is 0.773. The van der Waals surface area contributed by atoms with Gasteiger partial charge in [0, 0.05) is 5.38 Å². The highest BCUT2D eigenvalue weighted by atomic mass is 32.1. The van der Waals surface area contributed by atoms with E-state index < -0.39 is 0 Å². The minimum absolute atomic E-state index is 0.0204. The maximum Gasteiger partial charge on any atom is 0.252 e. The van der Waals surface area contributed by atoms with Gasteiger partial charge in [-0.2, -0.15) is 11.3 Å². The van der Waals surface area contributed by atoms with E-state index in [1.807, 2.05) is 17.7 Å². The first-order valence-corrected chi connectivity index (χ1v) is 5.13. The van der Waals surface area contributed by atoms with Crippen LogP contribution < -0.4 is 5.32 Å². The van der Waals surface area contributed by atoms with Crippen LogP contribution >= 0.6 is 11.3 Å². The molecule has 1 amide bonds. The Hall–Kier alpha value is -0.870. The molecule has 1 fully saturated rings. The summed E-state index contributed by atoms with van der Waals surface area (Å²) in [5.74, 6) is 0.0204. The van der Waals surface area contributed by atoms with Crippen LogP contribution in [0.25, 0.3) is 0 Å². The fourth-order valence-electron chi connectivity index (χ4n) is 1.18. The van der Waals surface area contributed by atoms with E-state index in [9.17, 15) is 4.79 Å². The summed E-state index contributed by atoms with van der Waals surface area (Å²) in [7, 11) is 0. The molecular weight excluding hydrogens is 186 g/mol. The third kappa shape index (κ3) is 1.73. The highest BCUT2D eigenvalue weighted by Crippen LogP contribution is 2.14. The predicted octanol–water partition coefficient (Wildman–Crippen LogP) is 1.19. The zero-order valence-corrected chi connectivity index (χ0v) is 8.19. The van der Waals surface area contributed by atoms with Crippen LogP contribution in [0.5, 0.6) is 0 Å². The summed E-state index contributed by atoms with van der Waals surface area (Å²) in [5, 5.41) is 6.76. The summed E-state index contributed by atoms with van der Waals surface area (Å²) in [4.78, 5) is 11.6. The van der Waals surface area contributed by atoms with Crippen molar-refractivity contribution in [2.24, 2.45) is 0 Å². The lowest BCUT2D eigenvalue weighted by atomic mass is 10.2. The van der Waals surface area contributed by atoms with Crippen molar-refractivity contribution in [3.05, 3.63) is 21.9 Å². The Balaban J connectivity index is 2.00. The van der Waals surface area contributed by atoms with Crippen LogP contribution in [0.2, 0.25) is 0 Å². The van der Waals surface area contributed by atoms with Crippen molar-refractivity contribution in [1.29, 1.82) is 0 Å². The Bertz CT molecular complexity index is 317. The number of amides is 1. The SMILES string of the molecule is Cc1cscc1C(=O)NC1COC1. The Morgan fingerprint density at radius 1 is 1.62 bits per heavy atom. The van der Waals surface area contributed by atoms with Gasteiger partial charge in [0.1, 0.15) is 0 Å². The molecule has 0 saturated carbocycles. The molecule has 70 valence electrons. The number of rotatable bonds is 2. The van der Waals surface area contributed by atoms with Gasteiger partial charge in [0.2, 0.25) is 0 Å². The van der Waals surface area contributed by atoms with E-state index in [2.05, 4.69) is 5.32 Å². The lowest BCUT2D eigenvalue weighted by Crippen LogP contribution is -2.48. The summed E-state index contributed by atoms with van der Waals surface area (Å²) in [5.41, 5.74) is 1.83. The number of aryl methyl sites for hydroxylation is 1. The molecule has 3 nitrogen and oxygen atoms in total. The normalized spacial score (nSPS) is 16.7. The van der Waals surface area contributed by atoms with Gasteiger partial charge in [0.25, 0.3) is 5.91 Å². The van der Waals surface area contributed by atoms with Gasteiger partial charge in [-0.05, 0) is 17.9 Å². The average molecular weight is 197 g/mol. The smallest absolute Gasteiger partial charge is 0.252 e. The summed E-state index contributed by atoms with van der Waals surface area (Å²) < 4.78 is 4.97. The number of hydrogen-bond donors (Lipinski definition) is 1. The van der Waals surface area contributed by atoms with E-state index in [1.165, 1.54) is 0 Å². The van der Waals surface area contributed by atoms with E-state index in [-0.39, 0.29) is 11.9 Å². The molecule has 0 spiro atoms. The highest BCUT2D eigenvalue weighted by Gasteiger charge is 2.21. The molecule has 0 bridgehead atoms. The molecule has 1 aromatic rings. The second-order valence-corrected chi connectivity index (χ2v) is 3.92. The first-order chi connectivity index (χ1) is 6.27. The maximum atomic E-state index is 11.6. The summed E-state index contributed by atoms with van der Waals surface area (Å²) in [6, 6.07) is 0.215. The van der Waals surface area contributed by atoms with Crippen molar-refractivity contribution in [2.75, 3.05) is 13.2 Å². The first kappa shape index (κ1) is 8.72. The summed E-state index contributed by atoms with van der Waals surface area (Å²) in [6.45, 7) is 3.24. The van der Waals surface area contributed by atoms with Gasteiger partial charge in [-0.1, -0.05) is 0 Å². The fraction of sp³-hybridized carbons (Fsp3) is 0.444. The molecule has 1 aliphatic heterocycles. The van der Waals surface area contributed by atoms with Gasteiger partial charge in [-0.3, -0.25) is 4.79 Å². The lowest BCUT2D eigenvalue weighted by molar-refractivity contribution is -0.00346. The van der Waals surface area contributed by atoms with Gasteiger partial charge in [0.15, 0.2) is 0 Å². The molecule has 1 N–H and O–H groups in total. The third-order valence-corrected chi connectivity index (χ3v) is 2.93. The minimum Gasteiger partial charge on any atom is -0.377 e. The van der Waals surface area contributed by atoms with Crippen molar-refractivity contribution < 1.29 is 9.53 Å². The highest BCUT2D eigenvalue weighted by molar-refractivity contribution is 7.08. The van der Waals surface area contributed by atoms with Crippen molar-refractivity contribution in [1.82, 2.24) is 5.32 Å². The molecule has 0 aromatic carbocycles. The second kappa shape index (κ2) is 3.47. The molecule has 0 atom stereocenters. The monoisotopic (exact) mass is 197 g/mol. The predicted molar refractivity (Wildman–Crippen MR) is 51.1 cm³/mol. The number of ether oxygens (including phenoxy) is 1.